The third kappa shape index (κ3) is 5.31. The molecule has 1 aliphatic heterocycles. The van der Waals surface area contributed by atoms with E-state index in [1.807, 2.05) is 115 Å². The molecule has 5 rings (SSSR count). The van der Waals surface area contributed by atoms with Crippen LogP contribution in [0.3, 0.4) is 0 Å². The molecule has 4 aromatic rings. The minimum absolute atomic E-state index is 0.0523. The second-order valence-corrected chi connectivity index (χ2v) is 8.49. The first-order valence-electron chi connectivity index (χ1n) is 11.8. The van der Waals surface area contributed by atoms with E-state index in [4.69, 9.17) is 4.99 Å². The molecule has 4 aromatic carbocycles. The predicted molar refractivity (Wildman–Crippen MR) is 143 cm³/mol. The van der Waals surface area contributed by atoms with E-state index in [1.165, 1.54) is 0 Å². The van der Waals surface area contributed by atoms with E-state index in [9.17, 15) is 9.59 Å². The fourth-order valence-electron chi connectivity index (χ4n) is 4.05. The number of hydrogen-bond donors (Lipinski definition) is 1. The topological polar surface area (TPSA) is 61.8 Å². The van der Waals surface area contributed by atoms with E-state index < -0.39 is 0 Å². The zero-order chi connectivity index (χ0) is 24.7. The van der Waals surface area contributed by atoms with Gasteiger partial charge < -0.3 is 5.32 Å². The summed E-state index contributed by atoms with van der Waals surface area (Å²) < 4.78 is 0. The molecule has 0 bridgehead atoms. The van der Waals surface area contributed by atoms with Gasteiger partial charge >= 0.3 is 0 Å². The number of nitrogens with one attached hydrogen (secondary N) is 1. The van der Waals surface area contributed by atoms with Crippen molar-refractivity contribution in [2.75, 3.05) is 4.90 Å². The van der Waals surface area contributed by atoms with Gasteiger partial charge in [0.25, 0.3) is 5.91 Å². The van der Waals surface area contributed by atoms with Crippen molar-refractivity contribution in [1.29, 1.82) is 0 Å². The molecule has 1 heterocycles. The summed E-state index contributed by atoms with van der Waals surface area (Å²) >= 11 is 0. The number of aliphatic imine (C=N–C) groups is 1. The van der Waals surface area contributed by atoms with Crippen molar-refractivity contribution in [3.63, 3.8) is 0 Å². The van der Waals surface area contributed by atoms with Crippen molar-refractivity contribution in [1.82, 2.24) is 5.32 Å². The van der Waals surface area contributed by atoms with Crippen molar-refractivity contribution in [2.45, 2.75) is 13.0 Å². The third-order valence-electron chi connectivity index (χ3n) is 5.89. The smallest absolute Gasteiger partial charge is 0.282 e. The summed E-state index contributed by atoms with van der Waals surface area (Å²) in [5.74, 6) is 0.339. The van der Waals surface area contributed by atoms with Crippen molar-refractivity contribution in [2.24, 2.45) is 4.99 Å². The number of amidine groups is 1. The molecule has 1 aliphatic rings. The summed E-state index contributed by atoms with van der Waals surface area (Å²) in [7, 11) is 0. The molecule has 0 atom stereocenters. The Morgan fingerprint density at radius 3 is 2.03 bits per heavy atom. The lowest BCUT2D eigenvalue weighted by atomic mass is 10.1. The van der Waals surface area contributed by atoms with E-state index >= 15 is 0 Å². The van der Waals surface area contributed by atoms with Crippen LogP contribution in [0.25, 0.3) is 6.08 Å². The largest absolute Gasteiger partial charge is 0.352 e. The molecule has 0 saturated carbocycles. The molecule has 0 radical (unpaired) electrons. The number of anilines is 1. The third-order valence-corrected chi connectivity index (χ3v) is 5.89. The quantitative estimate of drug-likeness (QED) is 0.368. The van der Waals surface area contributed by atoms with Gasteiger partial charge in [-0.1, -0.05) is 103 Å². The minimum Gasteiger partial charge on any atom is -0.352 e. The Kier molecular flexibility index (Phi) is 6.81. The first-order valence-corrected chi connectivity index (χ1v) is 11.8. The molecule has 0 saturated heterocycles. The van der Waals surface area contributed by atoms with Crippen molar-refractivity contribution < 1.29 is 9.59 Å². The lowest BCUT2D eigenvalue weighted by molar-refractivity contribution is -0.120. The van der Waals surface area contributed by atoms with Crippen LogP contribution in [0.5, 0.6) is 0 Å². The van der Waals surface area contributed by atoms with Gasteiger partial charge in [0.1, 0.15) is 11.5 Å². The predicted octanol–water partition coefficient (Wildman–Crippen LogP) is 5.38. The van der Waals surface area contributed by atoms with Crippen LogP contribution >= 0.6 is 0 Å². The lowest BCUT2D eigenvalue weighted by Gasteiger charge is -2.19. The molecule has 5 nitrogen and oxygen atoms in total. The van der Waals surface area contributed by atoms with Crippen molar-refractivity contribution in [3.05, 3.63) is 143 Å². The summed E-state index contributed by atoms with van der Waals surface area (Å²) in [6.07, 6.45) is 2.07. The van der Waals surface area contributed by atoms with Crippen LogP contribution in [-0.4, -0.2) is 17.6 Å². The summed E-state index contributed by atoms with van der Waals surface area (Å²) in [4.78, 5) is 32.2. The average Bonchev–Trinajstić information content (AvgIpc) is 3.25. The summed E-state index contributed by atoms with van der Waals surface area (Å²) in [6, 6.07) is 36.7. The maximum absolute atomic E-state index is 13.5. The highest BCUT2D eigenvalue weighted by Crippen LogP contribution is 2.28. The van der Waals surface area contributed by atoms with Gasteiger partial charge in [0, 0.05) is 12.1 Å². The fraction of sp³-hybridized carbons (Fsp3) is 0.0645. The number of carbonyl (C=O) groups is 2. The van der Waals surface area contributed by atoms with Crippen LogP contribution in [0.1, 0.15) is 22.3 Å². The molecular weight excluding hydrogens is 446 g/mol. The van der Waals surface area contributed by atoms with Gasteiger partial charge in [0.15, 0.2) is 0 Å². The van der Waals surface area contributed by atoms with Gasteiger partial charge in [-0.05, 0) is 34.9 Å². The van der Waals surface area contributed by atoms with Gasteiger partial charge in [0.05, 0.1) is 12.1 Å². The number of benzene rings is 4. The highest BCUT2D eigenvalue weighted by molar-refractivity contribution is 6.33. The van der Waals surface area contributed by atoms with Crippen LogP contribution in [0.4, 0.5) is 5.69 Å². The number of carbonyl (C=O) groups excluding carboxylic acids is 2. The molecule has 1 N–H and O–H groups in total. The Morgan fingerprint density at radius 2 is 1.36 bits per heavy atom. The van der Waals surface area contributed by atoms with E-state index in [0.717, 1.165) is 22.3 Å². The maximum Gasteiger partial charge on any atom is 0.282 e. The average molecular weight is 472 g/mol. The molecule has 0 fully saturated rings. The first-order chi connectivity index (χ1) is 17.7. The molecule has 2 amide bonds. The SMILES string of the molecule is O=C(Cc1ccc(N2C(=O)/C(=C/c3ccccc3)N=C2c2ccccc2)cc1)NCc1ccccc1. The molecule has 0 unspecified atom stereocenters. The van der Waals surface area contributed by atoms with Crippen LogP contribution in [0.15, 0.2) is 126 Å². The Hall–Kier alpha value is -4.77. The second kappa shape index (κ2) is 10.7. The molecule has 36 heavy (non-hydrogen) atoms. The normalized spacial score (nSPS) is 14.1. The van der Waals surface area contributed by atoms with Gasteiger partial charge in [0.2, 0.25) is 5.91 Å². The van der Waals surface area contributed by atoms with Crippen molar-refractivity contribution >= 4 is 29.4 Å². The molecule has 176 valence electrons. The Balaban J connectivity index is 1.35. The zero-order valence-electron chi connectivity index (χ0n) is 19.7. The van der Waals surface area contributed by atoms with Crippen LogP contribution < -0.4 is 10.2 Å². The maximum atomic E-state index is 13.5. The monoisotopic (exact) mass is 471 g/mol. The van der Waals surface area contributed by atoms with Crippen LogP contribution in [0, 0.1) is 0 Å². The standard InChI is InChI=1S/C31H25N3O2/c35-29(32-22-25-12-6-2-7-13-25)21-24-16-18-27(19-17-24)34-30(26-14-8-3-9-15-26)33-28(31(34)36)20-23-10-4-1-5-11-23/h1-20H,21-22H2,(H,32,35)/b28-20-. The highest BCUT2D eigenvalue weighted by atomic mass is 16.2. The Labute approximate surface area is 210 Å². The first kappa shape index (κ1) is 23.0. The summed E-state index contributed by atoms with van der Waals surface area (Å²) in [5.41, 5.74) is 4.77. The molecular formula is C31H25N3O2. The fourth-order valence-corrected chi connectivity index (χ4v) is 4.05. The molecule has 0 aromatic heterocycles. The Bertz CT molecular complexity index is 1410. The van der Waals surface area contributed by atoms with Crippen LogP contribution in [-0.2, 0) is 22.6 Å². The molecule has 5 heteroatoms. The van der Waals surface area contributed by atoms with E-state index in [2.05, 4.69) is 5.32 Å². The lowest BCUT2D eigenvalue weighted by Crippen LogP contribution is -2.32. The van der Waals surface area contributed by atoms with Crippen molar-refractivity contribution in [3.8, 4) is 0 Å². The van der Waals surface area contributed by atoms with E-state index in [-0.39, 0.29) is 18.2 Å². The number of rotatable bonds is 7. The van der Waals surface area contributed by atoms with Gasteiger partial charge in [-0.15, -0.1) is 0 Å². The number of hydrogen-bond acceptors (Lipinski definition) is 3. The Morgan fingerprint density at radius 1 is 0.750 bits per heavy atom. The van der Waals surface area contributed by atoms with Gasteiger partial charge in [-0.3, -0.25) is 14.5 Å². The van der Waals surface area contributed by atoms with Gasteiger partial charge in [-0.25, -0.2) is 4.99 Å². The number of nitrogens with zero attached hydrogens (tertiary/aromatic N) is 2. The van der Waals surface area contributed by atoms with E-state index in [1.54, 1.807) is 11.0 Å². The molecule has 0 spiro atoms. The highest BCUT2D eigenvalue weighted by Gasteiger charge is 2.32. The zero-order valence-corrected chi connectivity index (χ0v) is 19.7. The van der Waals surface area contributed by atoms with Crippen LogP contribution in [0.2, 0.25) is 0 Å². The summed E-state index contributed by atoms with van der Waals surface area (Å²) in [6.45, 7) is 0.494. The second-order valence-electron chi connectivity index (χ2n) is 8.49. The minimum atomic E-state index is -0.189. The van der Waals surface area contributed by atoms with Gasteiger partial charge in [-0.2, -0.15) is 0 Å². The molecule has 0 aliphatic carbocycles. The summed E-state index contributed by atoms with van der Waals surface area (Å²) in [5, 5.41) is 2.95. The number of amides is 2. The van der Waals surface area contributed by atoms with E-state index in [0.29, 0.717) is 23.8 Å².